The van der Waals surface area contributed by atoms with E-state index in [1.54, 1.807) is 25.1 Å². The molecule has 1 heterocycles. The number of rotatable bonds is 5. The number of amides is 1. The number of hydrogen-bond acceptors (Lipinski definition) is 5. The first kappa shape index (κ1) is 18.6. The number of hydrogen-bond donors (Lipinski definition) is 1. The second kappa shape index (κ2) is 8.01. The molecule has 0 unspecified atom stereocenters. The van der Waals surface area contributed by atoms with Gasteiger partial charge in [0.2, 0.25) is 5.91 Å². The first-order chi connectivity index (χ1) is 13.0. The molecule has 2 aromatic carbocycles. The average molecular weight is 385 g/mol. The predicted octanol–water partition coefficient (Wildman–Crippen LogP) is 3.17. The monoisotopic (exact) mass is 384 g/mol. The Bertz CT molecular complexity index is 1020. The van der Waals surface area contributed by atoms with Crippen molar-refractivity contribution in [2.24, 2.45) is 0 Å². The molecule has 0 spiro atoms. The number of nitrogens with one attached hydrogen (secondary N) is 1. The predicted molar refractivity (Wildman–Crippen MR) is 103 cm³/mol. The molecule has 1 atom stereocenters. The maximum Gasteiger partial charge on any atom is 0.365 e. The lowest BCUT2D eigenvalue weighted by Crippen LogP contribution is -2.34. The van der Waals surface area contributed by atoms with Crippen LogP contribution in [0.25, 0.3) is 11.3 Å². The molecular weight excluding hydrogens is 368 g/mol. The molecule has 3 rings (SSSR count). The van der Waals surface area contributed by atoms with E-state index in [-0.39, 0.29) is 0 Å². The molecule has 0 saturated carbocycles. The summed E-state index contributed by atoms with van der Waals surface area (Å²) in [4.78, 5) is 28.8. The highest BCUT2D eigenvalue weighted by Crippen LogP contribution is 2.27. The van der Waals surface area contributed by atoms with Crippen LogP contribution < -0.4 is 15.7 Å². The van der Waals surface area contributed by atoms with Gasteiger partial charge in [0.25, 0.3) is 0 Å². The Labute approximate surface area is 160 Å². The molecule has 0 aliphatic heterocycles. The van der Waals surface area contributed by atoms with Crippen LogP contribution in [0.5, 0.6) is 5.75 Å². The summed E-state index contributed by atoms with van der Waals surface area (Å²) in [6.07, 6.45) is 1.46. The van der Waals surface area contributed by atoms with Gasteiger partial charge in [0, 0.05) is 11.3 Å². The fourth-order valence-electron chi connectivity index (χ4n) is 2.46. The van der Waals surface area contributed by atoms with Crippen LogP contribution in [0.2, 0.25) is 5.02 Å². The Morgan fingerprint density at radius 2 is 1.96 bits per heavy atom. The Morgan fingerprint density at radius 1 is 1.22 bits per heavy atom. The topological polar surface area (TPSA) is 86.1 Å². The lowest BCUT2D eigenvalue weighted by atomic mass is 10.2. The van der Waals surface area contributed by atoms with E-state index in [2.05, 4.69) is 15.4 Å². The molecular formula is C19H17ClN4O3. The SMILES string of the molecule is COc1ccc(NC(=O)[C@H](C)n2ncc(-c3ccccc3)nc2=O)cc1Cl. The largest absolute Gasteiger partial charge is 0.495 e. The average Bonchev–Trinajstić information content (AvgIpc) is 2.68. The third-order valence-electron chi connectivity index (χ3n) is 3.95. The number of ether oxygens (including phenoxy) is 1. The van der Waals surface area contributed by atoms with Gasteiger partial charge in [-0.15, -0.1) is 0 Å². The van der Waals surface area contributed by atoms with E-state index < -0.39 is 17.6 Å². The van der Waals surface area contributed by atoms with Crippen molar-refractivity contribution >= 4 is 23.2 Å². The van der Waals surface area contributed by atoms with Gasteiger partial charge < -0.3 is 10.1 Å². The third-order valence-corrected chi connectivity index (χ3v) is 4.25. The number of benzene rings is 2. The summed E-state index contributed by atoms with van der Waals surface area (Å²) in [6.45, 7) is 1.57. The molecule has 1 aromatic heterocycles. The quantitative estimate of drug-likeness (QED) is 0.730. The first-order valence-electron chi connectivity index (χ1n) is 8.15. The highest BCUT2D eigenvalue weighted by atomic mass is 35.5. The van der Waals surface area contributed by atoms with Crippen molar-refractivity contribution in [1.29, 1.82) is 0 Å². The molecule has 7 nitrogen and oxygen atoms in total. The van der Waals surface area contributed by atoms with Crippen LogP contribution in [-0.4, -0.2) is 27.8 Å². The highest BCUT2D eigenvalue weighted by molar-refractivity contribution is 6.32. The standard InChI is InChI=1S/C19H17ClN4O3/c1-12(18(25)22-14-8-9-17(27-2)15(20)10-14)24-19(26)23-16(11-21-24)13-6-4-3-5-7-13/h3-12H,1-2H3,(H,22,25)/t12-/m0/s1. The lowest BCUT2D eigenvalue weighted by molar-refractivity contribution is -0.119. The van der Waals surface area contributed by atoms with Gasteiger partial charge in [0.1, 0.15) is 11.8 Å². The molecule has 3 aromatic rings. The Morgan fingerprint density at radius 3 is 2.59 bits per heavy atom. The highest BCUT2D eigenvalue weighted by Gasteiger charge is 2.19. The van der Waals surface area contributed by atoms with Crippen molar-refractivity contribution in [3.05, 3.63) is 70.2 Å². The summed E-state index contributed by atoms with van der Waals surface area (Å²) in [5.41, 5.74) is 1.11. The van der Waals surface area contributed by atoms with Crippen LogP contribution in [0.3, 0.4) is 0 Å². The molecule has 0 fully saturated rings. The number of nitrogens with zero attached hydrogens (tertiary/aromatic N) is 3. The number of carbonyl (C=O) groups excluding carboxylic acids is 1. The Balaban J connectivity index is 1.79. The van der Waals surface area contributed by atoms with Gasteiger partial charge in [-0.1, -0.05) is 41.9 Å². The maximum absolute atomic E-state index is 12.5. The summed E-state index contributed by atoms with van der Waals surface area (Å²) < 4.78 is 6.11. The summed E-state index contributed by atoms with van der Waals surface area (Å²) in [7, 11) is 1.51. The molecule has 0 aliphatic rings. The van der Waals surface area contributed by atoms with Crippen molar-refractivity contribution in [3.63, 3.8) is 0 Å². The van der Waals surface area contributed by atoms with Crippen molar-refractivity contribution in [2.75, 3.05) is 12.4 Å². The van der Waals surface area contributed by atoms with Gasteiger partial charge in [0.05, 0.1) is 24.0 Å². The zero-order valence-corrected chi connectivity index (χ0v) is 15.5. The second-order valence-corrected chi connectivity index (χ2v) is 6.16. The molecule has 0 aliphatic carbocycles. The smallest absolute Gasteiger partial charge is 0.365 e. The molecule has 138 valence electrons. The number of aromatic nitrogens is 3. The minimum Gasteiger partial charge on any atom is -0.495 e. The van der Waals surface area contributed by atoms with Crippen LogP contribution in [0, 0.1) is 0 Å². The summed E-state index contributed by atoms with van der Waals surface area (Å²) >= 11 is 6.06. The van der Waals surface area contributed by atoms with Crippen LogP contribution in [0.4, 0.5) is 5.69 Å². The van der Waals surface area contributed by atoms with Gasteiger partial charge in [-0.2, -0.15) is 10.1 Å². The van der Waals surface area contributed by atoms with Gasteiger partial charge in [-0.3, -0.25) is 4.79 Å². The third kappa shape index (κ3) is 4.15. The van der Waals surface area contributed by atoms with Crippen molar-refractivity contribution in [3.8, 4) is 17.0 Å². The molecule has 8 heteroatoms. The number of methoxy groups -OCH3 is 1. The summed E-state index contributed by atoms with van der Waals surface area (Å²) in [5.74, 6) is 0.0846. The first-order valence-corrected chi connectivity index (χ1v) is 8.53. The normalized spacial score (nSPS) is 11.7. The number of carbonyl (C=O) groups is 1. The molecule has 1 amide bonds. The van der Waals surface area contributed by atoms with Crippen LogP contribution >= 0.6 is 11.6 Å². The van der Waals surface area contributed by atoms with E-state index in [0.717, 1.165) is 10.2 Å². The minimum absolute atomic E-state index is 0.368. The molecule has 0 saturated heterocycles. The van der Waals surface area contributed by atoms with Gasteiger partial charge in [-0.05, 0) is 25.1 Å². The van der Waals surface area contributed by atoms with Crippen molar-refractivity contribution in [1.82, 2.24) is 14.8 Å². The minimum atomic E-state index is -0.851. The maximum atomic E-state index is 12.5. The van der Waals surface area contributed by atoms with Gasteiger partial charge in [-0.25, -0.2) is 9.48 Å². The molecule has 0 bridgehead atoms. The van der Waals surface area contributed by atoms with E-state index in [0.29, 0.717) is 22.2 Å². The van der Waals surface area contributed by atoms with Crippen LogP contribution in [-0.2, 0) is 4.79 Å². The van der Waals surface area contributed by atoms with Crippen molar-refractivity contribution < 1.29 is 9.53 Å². The molecule has 27 heavy (non-hydrogen) atoms. The van der Waals surface area contributed by atoms with E-state index in [1.165, 1.54) is 13.3 Å². The van der Waals surface area contributed by atoms with Gasteiger partial charge >= 0.3 is 5.69 Å². The summed E-state index contributed by atoms with van der Waals surface area (Å²) in [5, 5.41) is 7.16. The van der Waals surface area contributed by atoms with E-state index in [4.69, 9.17) is 16.3 Å². The van der Waals surface area contributed by atoms with E-state index >= 15 is 0 Å². The number of anilines is 1. The Kier molecular flexibility index (Phi) is 5.52. The molecule has 0 radical (unpaired) electrons. The van der Waals surface area contributed by atoms with Crippen LogP contribution in [0.15, 0.2) is 59.5 Å². The van der Waals surface area contributed by atoms with Crippen LogP contribution in [0.1, 0.15) is 13.0 Å². The van der Waals surface area contributed by atoms with Gasteiger partial charge in [0.15, 0.2) is 0 Å². The summed E-state index contributed by atoms with van der Waals surface area (Å²) in [6, 6.07) is 13.2. The zero-order chi connectivity index (χ0) is 19.4. The lowest BCUT2D eigenvalue weighted by Gasteiger charge is -2.14. The number of halogens is 1. The fraction of sp³-hybridized carbons (Fsp3) is 0.158. The fourth-order valence-corrected chi connectivity index (χ4v) is 2.72. The van der Waals surface area contributed by atoms with E-state index in [1.807, 2.05) is 30.3 Å². The second-order valence-electron chi connectivity index (χ2n) is 5.75. The van der Waals surface area contributed by atoms with E-state index in [9.17, 15) is 9.59 Å². The molecule has 1 N–H and O–H groups in total. The van der Waals surface area contributed by atoms with Crippen molar-refractivity contribution in [2.45, 2.75) is 13.0 Å². The Hall–Kier alpha value is -3.19. The zero-order valence-electron chi connectivity index (χ0n) is 14.7.